The molecule has 2 N–H and O–H groups in total. The third-order valence-corrected chi connectivity index (χ3v) is 2.37. The van der Waals surface area contributed by atoms with Gasteiger partial charge in [0.05, 0.1) is 0 Å². The van der Waals surface area contributed by atoms with E-state index < -0.39 is 0 Å². The standard InChI is InChI=1S/C4H5IN/c6-4-1-2-5-3-4/h1-3H,6H2/q-1. The summed E-state index contributed by atoms with van der Waals surface area (Å²) in [6.45, 7) is 0. The first-order chi connectivity index (χ1) is 2.89. The summed E-state index contributed by atoms with van der Waals surface area (Å²) in [6.07, 6.45) is 1.97. The predicted octanol–water partition coefficient (Wildman–Crippen LogP) is -2.60. The van der Waals surface area contributed by atoms with Gasteiger partial charge in [-0.3, -0.25) is 0 Å². The van der Waals surface area contributed by atoms with Crippen molar-refractivity contribution in [3.05, 3.63) is 19.9 Å². The molecule has 0 unspecified atom stereocenters. The van der Waals surface area contributed by atoms with E-state index in [1.807, 2.05) is 6.08 Å². The van der Waals surface area contributed by atoms with Crippen LogP contribution >= 0.6 is 0 Å². The second-order valence-electron chi connectivity index (χ2n) is 1.03. The molecule has 6 heavy (non-hydrogen) atoms. The summed E-state index contributed by atoms with van der Waals surface area (Å²) in [5.74, 6) is 0. The van der Waals surface area contributed by atoms with Gasteiger partial charge in [-0.2, -0.15) is 0 Å². The van der Waals surface area contributed by atoms with Crippen LogP contribution in [0, 0.1) is 0 Å². The fourth-order valence-electron chi connectivity index (χ4n) is 0.255. The van der Waals surface area contributed by atoms with Crippen LogP contribution in [0.15, 0.2) is 19.9 Å². The SMILES string of the molecule is NC1=C[I-]C=C1. The van der Waals surface area contributed by atoms with Gasteiger partial charge in [-0.05, 0) is 0 Å². The Morgan fingerprint density at radius 1 is 1.67 bits per heavy atom. The van der Waals surface area contributed by atoms with Crippen molar-refractivity contribution < 1.29 is 21.2 Å². The minimum absolute atomic E-state index is 0.234. The molecule has 0 fully saturated rings. The van der Waals surface area contributed by atoms with Crippen molar-refractivity contribution in [1.82, 2.24) is 0 Å². The van der Waals surface area contributed by atoms with Crippen molar-refractivity contribution in [2.75, 3.05) is 0 Å². The molecule has 0 atom stereocenters. The Hall–Kier alpha value is 0.01000. The van der Waals surface area contributed by atoms with Crippen LogP contribution in [-0.4, -0.2) is 0 Å². The number of nitrogens with two attached hydrogens (primary N) is 1. The van der Waals surface area contributed by atoms with Crippen LogP contribution in [0.25, 0.3) is 0 Å². The van der Waals surface area contributed by atoms with E-state index in [9.17, 15) is 0 Å². The molecule has 0 spiro atoms. The quantitative estimate of drug-likeness (QED) is 0.420. The molecule has 1 heterocycles. The first-order valence-corrected chi connectivity index (χ1v) is 4.13. The zero-order chi connectivity index (χ0) is 4.41. The summed E-state index contributed by atoms with van der Waals surface area (Å²) in [6, 6.07) is 0. The van der Waals surface area contributed by atoms with Gasteiger partial charge in [-0.1, -0.05) is 0 Å². The van der Waals surface area contributed by atoms with Crippen LogP contribution in [0.5, 0.6) is 0 Å². The van der Waals surface area contributed by atoms with Crippen LogP contribution in [-0.2, 0) is 0 Å². The Balaban J connectivity index is 2.68. The molecule has 0 aliphatic carbocycles. The normalized spacial score (nSPS) is 19.7. The van der Waals surface area contributed by atoms with Crippen molar-refractivity contribution in [2.45, 2.75) is 0 Å². The third kappa shape index (κ3) is 0.739. The maximum atomic E-state index is 5.34. The molecule has 1 aliphatic rings. The van der Waals surface area contributed by atoms with Gasteiger partial charge in [0.15, 0.2) is 0 Å². The molecular weight excluding hydrogens is 189 g/mol. The first-order valence-electron chi connectivity index (χ1n) is 1.64. The second kappa shape index (κ2) is 1.64. The molecule has 0 bridgehead atoms. The second-order valence-corrected chi connectivity index (χ2v) is 3.09. The third-order valence-electron chi connectivity index (χ3n) is 0.517. The van der Waals surface area contributed by atoms with E-state index >= 15 is 0 Å². The molecule has 1 aliphatic heterocycles. The average molecular weight is 194 g/mol. The molecule has 1 rings (SSSR count). The zero-order valence-electron chi connectivity index (χ0n) is 3.19. The van der Waals surface area contributed by atoms with Crippen LogP contribution in [0.3, 0.4) is 0 Å². The number of hydrogen-bond acceptors (Lipinski definition) is 1. The van der Waals surface area contributed by atoms with E-state index in [-0.39, 0.29) is 21.2 Å². The van der Waals surface area contributed by atoms with Crippen molar-refractivity contribution >= 4 is 0 Å². The Morgan fingerprint density at radius 2 is 2.50 bits per heavy atom. The maximum absolute atomic E-state index is 5.34. The fourth-order valence-corrected chi connectivity index (χ4v) is 1.71. The van der Waals surface area contributed by atoms with Gasteiger partial charge in [0.25, 0.3) is 0 Å². The Labute approximate surface area is 47.2 Å². The van der Waals surface area contributed by atoms with Gasteiger partial charge in [-0.15, -0.1) is 0 Å². The number of hydrogen-bond donors (Lipinski definition) is 1. The van der Waals surface area contributed by atoms with E-state index in [1.165, 1.54) is 0 Å². The monoisotopic (exact) mass is 194 g/mol. The molecule has 0 saturated carbocycles. The topological polar surface area (TPSA) is 26.0 Å². The summed E-state index contributed by atoms with van der Waals surface area (Å²) < 4.78 is 4.24. The summed E-state index contributed by atoms with van der Waals surface area (Å²) in [4.78, 5) is 0. The average Bonchev–Trinajstić information content (AvgIpc) is 1.86. The number of rotatable bonds is 0. The molecule has 0 saturated heterocycles. The van der Waals surface area contributed by atoms with Gasteiger partial charge in [0.2, 0.25) is 0 Å². The Morgan fingerprint density at radius 3 is 2.67 bits per heavy atom. The van der Waals surface area contributed by atoms with Gasteiger partial charge in [-0.25, -0.2) is 0 Å². The predicted molar refractivity (Wildman–Crippen MR) is 21.4 cm³/mol. The Kier molecular flexibility index (Phi) is 1.14. The summed E-state index contributed by atoms with van der Waals surface area (Å²) >= 11 is 0.234. The molecular formula is C4H5IN-. The van der Waals surface area contributed by atoms with E-state index in [1.54, 1.807) is 0 Å². The molecule has 0 aromatic heterocycles. The molecule has 2 heteroatoms. The van der Waals surface area contributed by atoms with E-state index in [0.29, 0.717) is 0 Å². The fraction of sp³-hybridized carbons (Fsp3) is 0. The van der Waals surface area contributed by atoms with Gasteiger partial charge >= 0.3 is 46.9 Å². The van der Waals surface area contributed by atoms with Crippen LogP contribution < -0.4 is 26.9 Å². The van der Waals surface area contributed by atoms with Crippen molar-refractivity contribution in [3.63, 3.8) is 0 Å². The van der Waals surface area contributed by atoms with Gasteiger partial charge < -0.3 is 0 Å². The zero-order valence-corrected chi connectivity index (χ0v) is 5.34. The summed E-state index contributed by atoms with van der Waals surface area (Å²) in [7, 11) is 0. The van der Waals surface area contributed by atoms with E-state index in [0.717, 1.165) is 5.70 Å². The molecule has 0 radical (unpaired) electrons. The van der Waals surface area contributed by atoms with E-state index in [4.69, 9.17) is 5.73 Å². The van der Waals surface area contributed by atoms with Crippen molar-refractivity contribution in [3.8, 4) is 0 Å². The van der Waals surface area contributed by atoms with Gasteiger partial charge in [0.1, 0.15) is 0 Å². The molecule has 1 nitrogen and oxygen atoms in total. The van der Waals surface area contributed by atoms with Gasteiger partial charge in [0, 0.05) is 0 Å². The summed E-state index contributed by atoms with van der Waals surface area (Å²) in [5.41, 5.74) is 6.28. The molecule has 0 amide bonds. The molecule has 0 aromatic rings. The van der Waals surface area contributed by atoms with E-state index in [2.05, 4.69) is 8.17 Å². The molecule has 34 valence electrons. The van der Waals surface area contributed by atoms with Crippen LogP contribution in [0.1, 0.15) is 0 Å². The molecule has 0 aromatic carbocycles. The van der Waals surface area contributed by atoms with Crippen molar-refractivity contribution in [1.29, 1.82) is 0 Å². The Bertz CT molecular complexity index is 101. The first kappa shape index (κ1) is 4.18. The number of halogens is 1. The van der Waals surface area contributed by atoms with Crippen molar-refractivity contribution in [2.24, 2.45) is 5.73 Å². The minimum atomic E-state index is 0.234. The van der Waals surface area contributed by atoms with Crippen LogP contribution in [0.2, 0.25) is 0 Å². The summed E-state index contributed by atoms with van der Waals surface area (Å²) in [5, 5.41) is 0. The van der Waals surface area contributed by atoms with Crippen LogP contribution in [0.4, 0.5) is 0 Å². The number of allylic oxidation sites excluding steroid dienone is 1.